The van der Waals surface area contributed by atoms with Gasteiger partial charge in [-0.3, -0.25) is 9.58 Å². The van der Waals surface area contributed by atoms with Gasteiger partial charge in [-0.2, -0.15) is 5.10 Å². The molecule has 0 spiro atoms. The van der Waals surface area contributed by atoms with Crippen molar-refractivity contribution in [2.45, 2.75) is 25.9 Å². The lowest BCUT2D eigenvalue weighted by atomic mass is 10.0. The third-order valence-corrected chi connectivity index (χ3v) is 3.82. The molecule has 0 aliphatic carbocycles. The molecule has 0 bridgehead atoms. The fourth-order valence-electron chi connectivity index (χ4n) is 2.52. The molecule has 1 aliphatic rings. The summed E-state index contributed by atoms with van der Waals surface area (Å²) in [4.78, 5) is 11.3. The number of ether oxygens (including phenoxy) is 1. The minimum Gasteiger partial charge on any atom is -0.383 e. The van der Waals surface area contributed by atoms with Gasteiger partial charge < -0.3 is 10.5 Å². The summed E-state index contributed by atoms with van der Waals surface area (Å²) in [7, 11) is 1.86. The summed E-state index contributed by atoms with van der Waals surface area (Å²) in [5.41, 5.74) is 6.76. The highest BCUT2D eigenvalue weighted by Crippen LogP contribution is 2.22. The molecule has 3 rings (SSSR count). The number of morpholine rings is 1. The predicted octanol–water partition coefficient (Wildman–Crippen LogP) is 0.556. The van der Waals surface area contributed by atoms with Crippen LogP contribution in [0.15, 0.2) is 6.20 Å². The Hall–Kier alpha value is -1.73. The van der Waals surface area contributed by atoms with Crippen LogP contribution in [0.1, 0.15) is 19.7 Å². The van der Waals surface area contributed by atoms with E-state index < -0.39 is 0 Å². The number of hydrogen-bond acceptors (Lipinski definition) is 6. The standard InChI is InChI=1S/C13H20N6O/c1-13(2)8-20-5-4-19(13)7-10-16-11(14)9-6-15-18(3)12(9)17-10/h6H,4-5,7-8H2,1-3H3,(H2,14,16,17). The summed E-state index contributed by atoms with van der Waals surface area (Å²) in [5.74, 6) is 1.22. The molecule has 7 nitrogen and oxygen atoms in total. The van der Waals surface area contributed by atoms with Crippen molar-refractivity contribution in [3.63, 3.8) is 0 Å². The van der Waals surface area contributed by atoms with Gasteiger partial charge in [0.2, 0.25) is 0 Å². The quantitative estimate of drug-likeness (QED) is 0.863. The highest BCUT2D eigenvalue weighted by molar-refractivity contribution is 5.84. The summed E-state index contributed by atoms with van der Waals surface area (Å²) >= 11 is 0. The number of nitrogens with zero attached hydrogens (tertiary/aromatic N) is 5. The van der Waals surface area contributed by atoms with Gasteiger partial charge in [0, 0.05) is 19.1 Å². The minimum absolute atomic E-state index is 0.0161. The van der Waals surface area contributed by atoms with Gasteiger partial charge in [0.05, 0.1) is 31.3 Å². The van der Waals surface area contributed by atoms with E-state index in [1.807, 2.05) is 7.05 Å². The zero-order chi connectivity index (χ0) is 14.3. The molecule has 1 aliphatic heterocycles. The molecule has 1 saturated heterocycles. The molecule has 0 saturated carbocycles. The molecule has 2 N–H and O–H groups in total. The normalized spacial score (nSPS) is 19.6. The molecule has 1 fully saturated rings. The van der Waals surface area contributed by atoms with E-state index in [-0.39, 0.29) is 5.54 Å². The van der Waals surface area contributed by atoms with Crippen molar-refractivity contribution in [1.82, 2.24) is 24.6 Å². The first kappa shape index (κ1) is 13.3. The molecule has 0 atom stereocenters. The van der Waals surface area contributed by atoms with Crippen LogP contribution in [0, 0.1) is 0 Å². The molecule has 0 unspecified atom stereocenters. The van der Waals surface area contributed by atoms with E-state index in [0.29, 0.717) is 12.4 Å². The van der Waals surface area contributed by atoms with Crippen LogP contribution in [-0.4, -0.2) is 49.9 Å². The number of rotatable bonds is 2. The van der Waals surface area contributed by atoms with Crippen LogP contribution in [0.3, 0.4) is 0 Å². The first-order chi connectivity index (χ1) is 9.47. The Bertz CT molecular complexity index is 635. The Balaban J connectivity index is 1.92. The summed E-state index contributed by atoms with van der Waals surface area (Å²) in [6.45, 7) is 7.33. The first-order valence-electron chi connectivity index (χ1n) is 6.74. The molecular formula is C13H20N6O. The van der Waals surface area contributed by atoms with Crippen molar-refractivity contribution in [3.8, 4) is 0 Å². The van der Waals surface area contributed by atoms with E-state index in [4.69, 9.17) is 10.5 Å². The lowest BCUT2D eigenvalue weighted by Gasteiger charge is -2.41. The number of anilines is 1. The van der Waals surface area contributed by atoms with E-state index >= 15 is 0 Å². The predicted molar refractivity (Wildman–Crippen MR) is 76.0 cm³/mol. The summed E-state index contributed by atoms with van der Waals surface area (Å²) in [6.07, 6.45) is 1.70. The third-order valence-electron chi connectivity index (χ3n) is 3.82. The zero-order valence-corrected chi connectivity index (χ0v) is 12.1. The number of nitrogen functional groups attached to an aromatic ring is 1. The van der Waals surface area contributed by atoms with Crippen LogP contribution in [0.5, 0.6) is 0 Å². The van der Waals surface area contributed by atoms with Crippen LogP contribution in [0.25, 0.3) is 11.0 Å². The average molecular weight is 276 g/mol. The molecule has 7 heteroatoms. The topological polar surface area (TPSA) is 82.1 Å². The summed E-state index contributed by atoms with van der Waals surface area (Å²) < 4.78 is 7.26. The third kappa shape index (κ3) is 2.23. The number of fused-ring (bicyclic) bond motifs is 1. The molecule has 0 radical (unpaired) electrons. The van der Waals surface area contributed by atoms with Gasteiger partial charge >= 0.3 is 0 Å². The molecule has 2 aromatic rings. The van der Waals surface area contributed by atoms with E-state index in [1.54, 1.807) is 10.9 Å². The Morgan fingerprint density at radius 2 is 2.20 bits per heavy atom. The van der Waals surface area contributed by atoms with Gasteiger partial charge in [0.25, 0.3) is 0 Å². The zero-order valence-electron chi connectivity index (χ0n) is 12.1. The number of hydrogen-bond donors (Lipinski definition) is 1. The molecule has 0 amide bonds. The molecule has 2 aromatic heterocycles. The van der Waals surface area contributed by atoms with Crippen LogP contribution in [-0.2, 0) is 18.3 Å². The average Bonchev–Trinajstić information content (AvgIpc) is 2.75. The second kappa shape index (κ2) is 4.68. The lowest BCUT2D eigenvalue weighted by molar-refractivity contribution is -0.0562. The first-order valence-corrected chi connectivity index (χ1v) is 6.74. The lowest BCUT2D eigenvalue weighted by Crippen LogP contribution is -2.52. The van der Waals surface area contributed by atoms with Gasteiger partial charge in [-0.05, 0) is 13.8 Å². The molecule has 20 heavy (non-hydrogen) atoms. The second-order valence-corrected chi connectivity index (χ2v) is 5.82. The maximum atomic E-state index is 6.00. The second-order valence-electron chi connectivity index (χ2n) is 5.82. The maximum absolute atomic E-state index is 6.00. The Morgan fingerprint density at radius 3 is 2.95 bits per heavy atom. The van der Waals surface area contributed by atoms with Crippen molar-refractivity contribution in [2.75, 3.05) is 25.5 Å². The van der Waals surface area contributed by atoms with Crippen LogP contribution in [0.4, 0.5) is 5.82 Å². The monoisotopic (exact) mass is 276 g/mol. The van der Waals surface area contributed by atoms with Crippen LogP contribution < -0.4 is 5.73 Å². The van der Waals surface area contributed by atoms with Crippen molar-refractivity contribution in [1.29, 1.82) is 0 Å². The fourth-order valence-corrected chi connectivity index (χ4v) is 2.52. The SMILES string of the molecule is Cn1ncc2c(N)nc(CN3CCOCC3(C)C)nc21. The van der Waals surface area contributed by atoms with Gasteiger partial charge in [0.1, 0.15) is 11.6 Å². The Kier molecular flexibility index (Phi) is 3.10. The van der Waals surface area contributed by atoms with Gasteiger partial charge in [-0.1, -0.05) is 0 Å². The number of aryl methyl sites for hydroxylation is 1. The molecular weight excluding hydrogens is 256 g/mol. The highest BCUT2D eigenvalue weighted by Gasteiger charge is 2.31. The molecule has 3 heterocycles. The van der Waals surface area contributed by atoms with Crippen molar-refractivity contribution in [2.24, 2.45) is 7.05 Å². The highest BCUT2D eigenvalue weighted by atomic mass is 16.5. The van der Waals surface area contributed by atoms with E-state index in [1.165, 1.54) is 0 Å². The van der Waals surface area contributed by atoms with Crippen LogP contribution >= 0.6 is 0 Å². The largest absolute Gasteiger partial charge is 0.383 e. The van der Waals surface area contributed by atoms with Crippen molar-refractivity contribution in [3.05, 3.63) is 12.0 Å². The van der Waals surface area contributed by atoms with E-state index in [2.05, 4.69) is 33.8 Å². The van der Waals surface area contributed by atoms with E-state index in [0.717, 1.165) is 36.6 Å². The van der Waals surface area contributed by atoms with Crippen molar-refractivity contribution < 1.29 is 4.74 Å². The van der Waals surface area contributed by atoms with Gasteiger partial charge in [0.15, 0.2) is 5.65 Å². The minimum atomic E-state index is -0.0161. The van der Waals surface area contributed by atoms with Crippen LogP contribution in [0.2, 0.25) is 0 Å². The maximum Gasteiger partial charge on any atom is 0.163 e. The fraction of sp³-hybridized carbons (Fsp3) is 0.615. The van der Waals surface area contributed by atoms with E-state index in [9.17, 15) is 0 Å². The van der Waals surface area contributed by atoms with Crippen molar-refractivity contribution >= 4 is 16.9 Å². The Morgan fingerprint density at radius 1 is 1.40 bits per heavy atom. The summed E-state index contributed by atoms with van der Waals surface area (Å²) in [5, 5.41) is 4.98. The number of aromatic nitrogens is 4. The summed E-state index contributed by atoms with van der Waals surface area (Å²) in [6, 6.07) is 0. The van der Waals surface area contributed by atoms with Gasteiger partial charge in [-0.15, -0.1) is 0 Å². The Labute approximate surface area is 117 Å². The number of nitrogens with two attached hydrogens (primary N) is 1. The molecule has 0 aromatic carbocycles. The van der Waals surface area contributed by atoms with Gasteiger partial charge in [-0.25, -0.2) is 9.97 Å². The smallest absolute Gasteiger partial charge is 0.163 e. The molecule has 108 valence electrons.